The van der Waals surface area contributed by atoms with Gasteiger partial charge in [0.25, 0.3) is 0 Å². The number of aliphatic imine (C=N–C) groups is 1. The van der Waals surface area contributed by atoms with Crippen molar-refractivity contribution in [2.45, 2.75) is 222 Å². The van der Waals surface area contributed by atoms with Gasteiger partial charge in [0.15, 0.2) is 5.96 Å². The topological polar surface area (TPSA) is 474 Å². The molecule has 1 aromatic carbocycles. The fourth-order valence-electron chi connectivity index (χ4n) is 13.3. The molecule has 0 saturated carbocycles. The third-order valence-corrected chi connectivity index (χ3v) is 20.2. The van der Waals surface area contributed by atoms with Gasteiger partial charge < -0.3 is 94.9 Å². The first-order chi connectivity index (χ1) is 47.7. The van der Waals surface area contributed by atoms with Crippen LogP contribution >= 0.6 is 25.3 Å². The highest BCUT2D eigenvalue weighted by molar-refractivity contribution is 7.80. The van der Waals surface area contributed by atoms with Crippen LogP contribution in [0.3, 0.4) is 0 Å². The minimum atomic E-state index is -1.79. The Hall–Kier alpha value is -7.82. The third-order valence-electron chi connectivity index (χ3n) is 19.5. The number of hydrogen-bond donors (Lipinski definition) is 16. The van der Waals surface area contributed by atoms with Crippen molar-refractivity contribution in [2.24, 2.45) is 34.0 Å². The number of carbonyl (C=O) groups excluding carboxylic acids is 13. The van der Waals surface area contributed by atoms with E-state index in [9.17, 15) is 67.7 Å². The predicted octanol–water partition coefficient (Wildman–Crippen LogP) is -3.92. The summed E-state index contributed by atoms with van der Waals surface area (Å²) in [6, 6.07) is -8.77. The molecule has 0 bridgehead atoms. The molecular weight excluding hydrogens is 1330 g/mol. The summed E-state index contributed by atoms with van der Waals surface area (Å²) in [5, 5.41) is 45.4. The average molecular weight is 1440 g/mol. The van der Waals surface area contributed by atoms with Crippen LogP contribution in [-0.4, -0.2) is 255 Å². The maximum Gasteiger partial charge on any atom is 0.246 e. The Labute approximate surface area is 594 Å². The molecule has 0 radical (unpaired) electrons. The van der Waals surface area contributed by atoms with Crippen molar-refractivity contribution in [2.75, 3.05) is 57.4 Å². The number of rotatable bonds is 18. The van der Waals surface area contributed by atoms with Crippen molar-refractivity contribution in [3.63, 3.8) is 0 Å². The van der Waals surface area contributed by atoms with E-state index in [0.717, 1.165) is 0 Å². The number of nitrogens with one attached hydrogen (secondary N) is 9. The minimum absolute atomic E-state index is 0.0126. The molecule has 5 aliphatic heterocycles. The lowest BCUT2D eigenvalue weighted by atomic mass is 9.96. The lowest BCUT2D eigenvalue weighted by molar-refractivity contribution is -0.149. The molecule has 5 aliphatic rings. The van der Waals surface area contributed by atoms with Gasteiger partial charge >= 0.3 is 0 Å². The van der Waals surface area contributed by atoms with Crippen LogP contribution in [0.2, 0.25) is 0 Å². The van der Waals surface area contributed by atoms with E-state index < -0.39 is 186 Å². The van der Waals surface area contributed by atoms with E-state index in [-0.39, 0.29) is 109 Å². The molecule has 16 atom stereocenters. The molecule has 100 heavy (non-hydrogen) atoms. The number of guanidine groups is 1. The second kappa shape index (κ2) is 39.4. The number of thiol groups is 2. The molecule has 6 rings (SSSR count). The van der Waals surface area contributed by atoms with Gasteiger partial charge in [-0.2, -0.15) is 25.3 Å². The largest absolute Gasteiger partial charge is 0.394 e. The highest BCUT2D eigenvalue weighted by Gasteiger charge is 2.48. The second-order valence-corrected chi connectivity index (χ2v) is 27.3. The normalized spacial score (nSPS) is 29.1. The van der Waals surface area contributed by atoms with E-state index in [0.29, 0.717) is 50.5 Å². The summed E-state index contributed by atoms with van der Waals surface area (Å²) in [4.78, 5) is 198. The quantitative estimate of drug-likeness (QED) is 0.0289. The molecular formula is C66H105N17O15S2. The molecule has 0 aliphatic carbocycles. The molecule has 34 heteroatoms. The van der Waals surface area contributed by atoms with Crippen LogP contribution in [0.5, 0.6) is 0 Å². The van der Waals surface area contributed by atoms with Crippen LogP contribution in [0.4, 0.5) is 0 Å². The first kappa shape index (κ1) is 81.1. The van der Waals surface area contributed by atoms with Crippen LogP contribution in [-0.2, 0) is 68.7 Å². The third kappa shape index (κ3) is 21.6. The van der Waals surface area contributed by atoms with E-state index in [2.05, 4.69) is 78.1 Å². The average Bonchev–Trinajstić information content (AvgIpc) is 1.61. The zero-order valence-corrected chi connectivity index (χ0v) is 59.7. The van der Waals surface area contributed by atoms with Gasteiger partial charge in [0.1, 0.15) is 78.5 Å². The number of unbranched alkanes of at least 4 members (excludes halogenated alkanes) is 1. The van der Waals surface area contributed by atoms with E-state index in [4.69, 9.17) is 17.2 Å². The molecule has 0 spiro atoms. The molecule has 0 aromatic heterocycles. The van der Waals surface area contributed by atoms with E-state index in [1.54, 1.807) is 58.0 Å². The fourth-order valence-corrected chi connectivity index (χ4v) is 13.8. The van der Waals surface area contributed by atoms with Crippen LogP contribution in [0.25, 0.3) is 0 Å². The van der Waals surface area contributed by atoms with Crippen molar-refractivity contribution in [3.05, 3.63) is 35.9 Å². The molecule has 5 heterocycles. The zero-order valence-electron chi connectivity index (χ0n) is 57.9. The summed E-state index contributed by atoms with van der Waals surface area (Å²) in [7, 11) is 0. The van der Waals surface area contributed by atoms with Gasteiger partial charge in [-0.3, -0.25) is 67.3 Å². The summed E-state index contributed by atoms with van der Waals surface area (Å²) in [5.41, 5.74) is 17.6. The Bertz CT molecular complexity index is 3080. The number of nitrogens with zero attached hydrogens (tertiary/aromatic N) is 5. The molecule has 32 nitrogen and oxygen atoms in total. The van der Waals surface area contributed by atoms with Gasteiger partial charge in [0.2, 0.25) is 76.8 Å². The maximum absolute atomic E-state index is 15.1. The molecule has 5 fully saturated rings. The maximum atomic E-state index is 15.1. The number of nitrogens with two attached hydrogens (primary N) is 3. The molecule has 5 saturated heterocycles. The van der Waals surface area contributed by atoms with Crippen LogP contribution < -0.4 is 65.1 Å². The number of amides is 13. The first-order valence-electron chi connectivity index (χ1n) is 35.0. The standard InChI is InChI=1S/C66H105N17O15S2/c1-6-36(3)50-60(93)76-44(34-99)56(89)73-42(32-39-18-9-8-10-19-39)62(95)82-30-16-24-48(82)63(96)80-28-14-22-46(80)58(91)71-41(21-13-27-70-66(68)69)54(87)75-45(35-100)57(90)79-52(38(5)85)61(94)72-40(20-11-12-26-67)53(86)74-43(33-84)55(88)78-51(37(4)7-2)65(98)83-31-17-25-49(83)64(97)81-29-15-23-47(81)59(92)77-50/h8-10,18-19,36-38,40-52,84-85,99-100H,6-7,11-17,20-35,67H2,1-5H3,(H,71,91)(H,72,94)(H,73,89)(H,74,86)(H,75,87)(H,76,93)(H,77,92)(H,78,88)(H,79,90)(H4,68,69,70)/t36-,37-,38+,40-,41-,42-,43-,44-,45-,46+,47-,48-,49-,50-,51-,52-/m0/s1. The summed E-state index contributed by atoms with van der Waals surface area (Å²) < 4.78 is 0. The Morgan fingerprint density at radius 3 is 1.37 bits per heavy atom. The van der Waals surface area contributed by atoms with Crippen LogP contribution in [0.1, 0.15) is 136 Å². The fraction of sp³-hybridized carbons (Fsp3) is 0.697. The number of aliphatic hydroxyl groups is 2. The molecule has 1 aromatic rings. The van der Waals surface area contributed by atoms with E-state index in [1.807, 2.05) is 0 Å². The zero-order chi connectivity index (χ0) is 73.5. The van der Waals surface area contributed by atoms with Crippen molar-refractivity contribution < 1.29 is 72.5 Å². The number of benzene rings is 1. The van der Waals surface area contributed by atoms with Gasteiger partial charge in [-0.25, -0.2) is 0 Å². The Balaban J connectivity index is 1.36. The van der Waals surface area contributed by atoms with Gasteiger partial charge in [0.05, 0.1) is 12.7 Å². The molecule has 13 amide bonds. The molecule has 0 unspecified atom stereocenters. The van der Waals surface area contributed by atoms with Gasteiger partial charge in [-0.1, -0.05) is 70.9 Å². The summed E-state index contributed by atoms with van der Waals surface area (Å²) in [5.74, 6) is -12.3. The highest BCUT2D eigenvalue weighted by Crippen LogP contribution is 2.29. The number of carbonyl (C=O) groups is 13. The lowest BCUT2D eigenvalue weighted by Gasteiger charge is -2.35. The van der Waals surface area contributed by atoms with Gasteiger partial charge in [-0.05, 0) is 114 Å². The van der Waals surface area contributed by atoms with Crippen LogP contribution in [0.15, 0.2) is 35.3 Å². The Morgan fingerprint density at radius 1 is 0.480 bits per heavy atom. The number of hydrogen-bond acceptors (Lipinski definition) is 19. The minimum Gasteiger partial charge on any atom is -0.394 e. The van der Waals surface area contributed by atoms with Gasteiger partial charge in [-0.15, -0.1) is 0 Å². The van der Waals surface area contributed by atoms with Crippen molar-refractivity contribution >= 4 is 108 Å². The summed E-state index contributed by atoms with van der Waals surface area (Å²) in [6.45, 7) is 7.83. The van der Waals surface area contributed by atoms with Crippen molar-refractivity contribution in [1.82, 2.24) is 67.5 Å². The number of aliphatic hydroxyl groups excluding tert-OH is 2. The van der Waals surface area contributed by atoms with Crippen molar-refractivity contribution in [3.8, 4) is 0 Å². The first-order valence-corrected chi connectivity index (χ1v) is 36.3. The van der Waals surface area contributed by atoms with E-state index in [1.165, 1.54) is 26.5 Å². The predicted molar refractivity (Wildman–Crippen MR) is 375 cm³/mol. The Kier molecular flexibility index (Phi) is 32.0. The summed E-state index contributed by atoms with van der Waals surface area (Å²) in [6.07, 6.45) is 1.84. The summed E-state index contributed by atoms with van der Waals surface area (Å²) >= 11 is 8.76. The van der Waals surface area contributed by atoms with E-state index >= 15 is 4.79 Å². The highest BCUT2D eigenvalue weighted by atomic mass is 32.1. The SMILES string of the molecule is CC[C@H](C)[C@@H]1NC(=O)[C@@H]2CCCN2C(=O)[C@@H]2CCCN2C(=O)[C@H]([C@@H](C)CC)NC(=O)[C@H](CO)NC(=O)[C@H](CCCCN)NC(=O)[C@H]([C@@H](C)O)NC(=O)[C@H](CS)NC(=O)[C@H](CCCN=C(N)N)NC(=O)[C@H]2CCCN2C(=O)[C@@H]2CCCN2C(=O)[C@H](Cc2ccccc2)NC(=O)[C@H](CS)NC1=O. The Morgan fingerprint density at radius 2 is 0.870 bits per heavy atom. The van der Waals surface area contributed by atoms with Crippen molar-refractivity contribution in [1.29, 1.82) is 0 Å². The van der Waals surface area contributed by atoms with Gasteiger partial charge in [0, 0.05) is 50.7 Å². The lowest BCUT2D eigenvalue weighted by Crippen LogP contribution is -2.63. The smallest absolute Gasteiger partial charge is 0.246 e. The molecule has 556 valence electrons. The molecule has 17 N–H and O–H groups in total. The van der Waals surface area contributed by atoms with Crippen LogP contribution in [0, 0.1) is 11.8 Å². The number of fused-ring (bicyclic) bond motifs is 4. The monoisotopic (exact) mass is 1440 g/mol. The second-order valence-electron chi connectivity index (χ2n) is 26.6.